The number of ether oxygens (including phenoxy) is 2. The highest BCUT2D eigenvalue weighted by Gasteiger charge is 2.08. The van der Waals surface area contributed by atoms with E-state index in [-0.39, 0.29) is 5.82 Å². The van der Waals surface area contributed by atoms with Crippen LogP contribution in [0.2, 0.25) is 0 Å². The maximum Gasteiger partial charge on any atom is 0.225 e. The number of hydrogen-bond donors (Lipinski definition) is 0. The molecular formula is C23H20FNO2. The number of nitrogens with zero attached hydrogens (tertiary/aromatic N) is 1. The number of rotatable bonds is 5. The highest BCUT2D eigenvalue weighted by Crippen LogP contribution is 2.19. The fourth-order valence-corrected chi connectivity index (χ4v) is 2.28. The summed E-state index contributed by atoms with van der Waals surface area (Å²) in [5, 5.41) is 0. The van der Waals surface area contributed by atoms with Crippen LogP contribution in [0, 0.1) is 12.7 Å². The van der Waals surface area contributed by atoms with Crippen LogP contribution in [0.15, 0.2) is 95.7 Å². The molecule has 0 aliphatic rings. The lowest BCUT2D eigenvalue weighted by Crippen LogP contribution is -2.11. The maximum atomic E-state index is 13.5. The summed E-state index contributed by atoms with van der Waals surface area (Å²) < 4.78 is 25.0. The molecule has 3 aromatic carbocycles. The van der Waals surface area contributed by atoms with E-state index in [1.165, 1.54) is 12.1 Å². The number of aryl methyl sites for hydroxylation is 1. The predicted octanol–water partition coefficient (Wildman–Crippen LogP) is 6.23. The summed E-state index contributed by atoms with van der Waals surface area (Å²) >= 11 is 0. The van der Waals surface area contributed by atoms with Gasteiger partial charge in [0.25, 0.3) is 0 Å². The number of hydrogen-bond acceptors (Lipinski definition) is 3. The van der Waals surface area contributed by atoms with Crippen molar-refractivity contribution in [2.24, 2.45) is 4.99 Å². The van der Waals surface area contributed by atoms with Crippen molar-refractivity contribution < 1.29 is 13.9 Å². The Hall–Kier alpha value is -3.40. The largest absolute Gasteiger partial charge is 0.465 e. The lowest BCUT2D eigenvalue weighted by Gasteiger charge is -2.10. The molecule has 3 nitrogen and oxygen atoms in total. The first-order valence-electron chi connectivity index (χ1n) is 8.58. The Bertz CT molecular complexity index is 948. The van der Waals surface area contributed by atoms with Crippen molar-refractivity contribution in [3.05, 3.63) is 102 Å². The lowest BCUT2D eigenvalue weighted by atomic mass is 10.2. The van der Waals surface area contributed by atoms with Gasteiger partial charge < -0.3 is 9.47 Å². The molecule has 0 atom stereocenters. The van der Waals surface area contributed by atoms with Gasteiger partial charge in [-0.25, -0.2) is 9.38 Å². The minimum absolute atomic E-state index is 0.332. The van der Waals surface area contributed by atoms with Gasteiger partial charge in [0, 0.05) is 11.6 Å². The van der Waals surface area contributed by atoms with E-state index < -0.39 is 0 Å². The summed E-state index contributed by atoms with van der Waals surface area (Å²) in [4.78, 5) is 4.53. The Kier molecular flexibility index (Phi) is 6.00. The Balaban J connectivity index is 1.87. The molecule has 0 aliphatic carbocycles. The molecule has 27 heavy (non-hydrogen) atoms. The molecule has 0 heterocycles. The first-order valence-corrected chi connectivity index (χ1v) is 8.58. The highest BCUT2D eigenvalue weighted by molar-refractivity contribution is 5.96. The summed E-state index contributed by atoms with van der Waals surface area (Å²) in [5.41, 5.74) is 2.56. The van der Waals surface area contributed by atoms with Crippen LogP contribution < -0.4 is 9.47 Å². The molecule has 0 unspecified atom stereocenters. The zero-order chi connectivity index (χ0) is 19.1. The maximum absolute atomic E-state index is 13.5. The van der Waals surface area contributed by atoms with Crippen molar-refractivity contribution >= 4 is 11.6 Å². The van der Waals surface area contributed by atoms with Crippen LogP contribution in [-0.4, -0.2) is 5.90 Å². The molecule has 0 aliphatic heterocycles. The van der Waals surface area contributed by atoms with Crippen LogP contribution in [0.5, 0.6) is 11.5 Å². The molecule has 0 saturated carbocycles. The second-order valence-electron chi connectivity index (χ2n) is 6.04. The van der Waals surface area contributed by atoms with Crippen LogP contribution in [0.4, 0.5) is 10.1 Å². The van der Waals surface area contributed by atoms with Crippen LogP contribution >= 0.6 is 0 Å². The zero-order valence-corrected chi connectivity index (χ0v) is 15.2. The molecule has 0 amide bonds. The minimum atomic E-state index is -0.371. The second-order valence-corrected chi connectivity index (χ2v) is 6.04. The number of benzene rings is 3. The SMILES string of the molecule is CC(=COc1ccc(C)cc1)/C(=N\c1ccccc1)Oc1cccc(F)c1. The van der Waals surface area contributed by atoms with Gasteiger partial charge in [0.2, 0.25) is 5.90 Å². The topological polar surface area (TPSA) is 30.8 Å². The van der Waals surface area contributed by atoms with Crippen molar-refractivity contribution in [3.8, 4) is 11.5 Å². The smallest absolute Gasteiger partial charge is 0.225 e. The summed E-state index contributed by atoms with van der Waals surface area (Å²) in [6.45, 7) is 3.84. The van der Waals surface area contributed by atoms with Crippen LogP contribution in [-0.2, 0) is 0 Å². The summed E-state index contributed by atoms with van der Waals surface area (Å²) in [5.74, 6) is 1.04. The number of aliphatic imine (C=N–C) groups is 1. The van der Waals surface area contributed by atoms with Gasteiger partial charge >= 0.3 is 0 Å². The second kappa shape index (κ2) is 8.81. The molecule has 0 N–H and O–H groups in total. The standard InChI is InChI=1S/C23H20FNO2/c1-17-11-13-21(14-12-17)26-16-18(2)23(25-20-8-4-3-5-9-20)27-22-10-6-7-19(24)15-22/h3-16H,1-2H3/b18-16?,25-23+. The van der Waals surface area contributed by atoms with Crippen LogP contribution in [0.25, 0.3) is 0 Å². The van der Waals surface area contributed by atoms with E-state index >= 15 is 0 Å². The zero-order valence-electron chi connectivity index (χ0n) is 15.2. The van der Waals surface area contributed by atoms with Gasteiger partial charge in [-0.1, -0.05) is 42.0 Å². The van der Waals surface area contributed by atoms with Crippen molar-refractivity contribution in [1.29, 1.82) is 0 Å². The number of halogens is 1. The highest BCUT2D eigenvalue weighted by atomic mass is 19.1. The minimum Gasteiger partial charge on any atom is -0.465 e. The third-order valence-electron chi connectivity index (χ3n) is 3.73. The normalized spacial score (nSPS) is 12.0. The fourth-order valence-electron chi connectivity index (χ4n) is 2.28. The van der Waals surface area contributed by atoms with E-state index in [0.29, 0.717) is 23.0 Å². The predicted molar refractivity (Wildman–Crippen MR) is 106 cm³/mol. The molecule has 0 fully saturated rings. The monoisotopic (exact) mass is 361 g/mol. The van der Waals surface area contributed by atoms with Crippen LogP contribution in [0.3, 0.4) is 0 Å². The molecule has 3 aromatic rings. The first kappa shape index (κ1) is 18.4. The molecule has 0 radical (unpaired) electrons. The van der Waals surface area contributed by atoms with Gasteiger partial charge in [-0.15, -0.1) is 0 Å². The molecule has 136 valence electrons. The number of para-hydroxylation sites is 1. The van der Waals surface area contributed by atoms with Gasteiger partial charge in [-0.3, -0.25) is 0 Å². The lowest BCUT2D eigenvalue weighted by molar-refractivity contribution is 0.473. The van der Waals surface area contributed by atoms with Gasteiger partial charge in [0.15, 0.2) is 0 Å². The Morgan fingerprint density at radius 3 is 2.33 bits per heavy atom. The third-order valence-corrected chi connectivity index (χ3v) is 3.73. The summed E-state index contributed by atoms with van der Waals surface area (Å²) in [6.07, 6.45) is 1.58. The average molecular weight is 361 g/mol. The Labute approximate surface area is 158 Å². The van der Waals surface area contributed by atoms with E-state index in [1.54, 1.807) is 18.4 Å². The van der Waals surface area contributed by atoms with Gasteiger partial charge in [0.05, 0.1) is 11.9 Å². The fraction of sp³-hybridized carbons (Fsp3) is 0.0870. The summed E-state index contributed by atoms with van der Waals surface area (Å²) in [6, 6.07) is 23.1. The average Bonchev–Trinajstić information content (AvgIpc) is 2.68. The van der Waals surface area contributed by atoms with E-state index in [2.05, 4.69) is 4.99 Å². The quantitative estimate of drug-likeness (QED) is 0.306. The van der Waals surface area contributed by atoms with E-state index in [9.17, 15) is 4.39 Å². The van der Waals surface area contributed by atoms with E-state index in [1.807, 2.05) is 68.4 Å². The molecule has 0 saturated heterocycles. The van der Waals surface area contributed by atoms with E-state index in [4.69, 9.17) is 9.47 Å². The first-order chi connectivity index (χ1) is 13.1. The molecule has 0 spiro atoms. The van der Waals surface area contributed by atoms with Crippen molar-refractivity contribution in [2.75, 3.05) is 0 Å². The van der Waals surface area contributed by atoms with Crippen LogP contribution in [0.1, 0.15) is 12.5 Å². The van der Waals surface area contributed by atoms with Gasteiger partial charge in [-0.05, 0) is 50.2 Å². The van der Waals surface area contributed by atoms with Crippen molar-refractivity contribution in [1.82, 2.24) is 0 Å². The molecular weight excluding hydrogens is 341 g/mol. The Morgan fingerprint density at radius 2 is 1.63 bits per heavy atom. The molecule has 4 heteroatoms. The Morgan fingerprint density at radius 1 is 0.889 bits per heavy atom. The summed E-state index contributed by atoms with van der Waals surface area (Å²) in [7, 11) is 0. The van der Waals surface area contributed by atoms with E-state index in [0.717, 1.165) is 11.3 Å². The molecule has 0 aromatic heterocycles. The van der Waals surface area contributed by atoms with Gasteiger partial charge in [-0.2, -0.15) is 0 Å². The molecule has 3 rings (SSSR count). The van der Waals surface area contributed by atoms with Crippen molar-refractivity contribution in [3.63, 3.8) is 0 Å². The van der Waals surface area contributed by atoms with Crippen molar-refractivity contribution in [2.45, 2.75) is 13.8 Å². The third kappa shape index (κ3) is 5.54. The van der Waals surface area contributed by atoms with Gasteiger partial charge in [0.1, 0.15) is 17.3 Å². The molecule has 0 bridgehead atoms.